The molecule has 0 aliphatic carbocycles. The molecule has 0 radical (unpaired) electrons. The van der Waals surface area contributed by atoms with Crippen molar-refractivity contribution in [3.05, 3.63) is 193 Å². The van der Waals surface area contributed by atoms with Crippen LogP contribution >= 0.6 is 0 Å². The minimum atomic E-state index is -1.29. The van der Waals surface area contributed by atoms with Crippen molar-refractivity contribution in [3.8, 4) is 50.8 Å². The molecule has 260 valence electrons. The Morgan fingerprint density at radius 3 is 1.35 bits per heavy atom. The van der Waals surface area contributed by atoms with Crippen LogP contribution < -0.4 is 0 Å². The van der Waals surface area contributed by atoms with Crippen LogP contribution in [0.4, 0.5) is 13.2 Å². The molecule has 0 atom stereocenters. The highest BCUT2D eigenvalue weighted by Gasteiger charge is 2.24. The van der Waals surface area contributed by atoms with Gasteiger partial charge in [0.25, 0.3) is 0 Å². The van der Waals surface area contributed by atoms with Crippen molar-refractivity contribution >= 4 is 43.6 Å². The summed E-state index contributed by atoms with van der Waals surface area (Å²) >= 11 is 0. The summed E-state index contributed by atoms with van der Waals surface area (Å²) in [5.74, 6) is -3.37. The van der Waals surface area contributed by atoms with E-state index in [4.69, 9.17) is 0 Å². The Balaban J connectivity index is 1.33. The molecule has 10 rings (SSSR count). The quantitative estimate of drug-likeness (QED) is 0.163. The molecule has 0 amide bonds. The molecule has 0 bridgehead atoms. The monoisotopic (exact) mass is 715 g/mol. The number of hydrogen-bond donors (Lipinski definition) is 0. The molecule has 3 nitrogen and oxygen atoms in total. The van der Waals surface area contributed by atoms with Crippen molar-refractivity contribution in [2.24, 2.45) is 0 Å². The summed E-state index contributed by atoms with van der Waals surface area (Å²) in [5, 5.41) is 15.0. The predicted octanol–water partition coefficient (Wildman–Crippen LogP) is 13.2. The number of para-hydroxylation sites is 2. The minimum absolute atomic E-state index is 0.221. The smallest absolute Gasteiger partial charge is 0.166 e. The molecule has 0 saturated heterocycles. The summed E-state index contributed by atoms with van der Waals surface area (Å²) in [7, 11) is 0. The van der Waals surface area contributed by atoms with Crippen LogP contribution in [-0.2, 0) is 0 Å². The third kappa shape index (κ3) is 5.13. The van der Waals surface area contributed by atoms with Crippen LogP contribution in [0.25, 0.3) is 88.4 Å². The number of fused-ring (bicyclic) bond motifs is 6. The molecule has 0 unspecified atom stereocenters. The Kier molecular flexibility index (Phi) is 7.43. The zero-order valence-electron chi connectivity index (χ0n) is 29.1. The number of nitriles is 1. The lowest BCUT2D eigenvalue weighted by Crippen LogP contribution is -2.06. The fourth-order valence-corrected chi connectivity index (χ4v) is 8.09. The normalized spacial score (nSPS) is 11.5. The van der Waals surface area contributed by atoms with Crippen LogP contribution in [0, 0.1) is 28.8 Å². The van der Waals surface area contributed by atoms with Gasteiger partial charge in [-0.05, 0) is 82.4 Å². The van der Waals surface area contributed by atoms with Crippen molar-refractivity contribution in [3.63, 3.8) is 0 Å². The third-order valence-corrected chi connectivity index (χ3v) is 10.6. The Morgan fingerprint density at radius 1 is 0.400 bits per heavy atom. The summed E-state index contributed by atoms with van der Waals surface area (Å²) in [6, 6.07) is 55.9. The van der Waals surface area contributed by atoms with Crippen LogP contribution in [0.3, 0.4) is 0 Å². The van der Waals surface area contributed by atoms with E-state index in [0.29, 0.717) is 23.0 Å². The van der Waals surface area contributed by atoms with Crippen LogP contribution in [0.5, 0.6) is 0 Å². The largest absolute Gasteiger partial charge is 0.308 e. The summed E-state index contributed by atoms with van der Waals surface area (Å²) < 4.78 is 49.6. The van der Waals surface area contributed by atoms with E-state index in [1.54, 1.807) is 12.1 Å². The molecule has 55 heavy (non-hydrogen) atoms. The average molecular weight is 716 g/mol. The zero-order valence-corrected chi connectivity index (χ0v) is 29.1. The van der Waals surface area contributed by atoms with Gasteiger partial charge in [-0.15, -0.1) is 0 Å². The Labute approximate surface area is 314 Å². The number of nitrogens with zero attached hydrogens (tertiary/aromatic N) is 3. The fourth-order valence-electron chi connectivity index (χ4n) is 8.09. The number of aromatic nitrogens is 2. The molecule has 6 heteroatoms. The second-order valence-electron chi connectivity index (χ2n) is 13.7. The van der Waals surface area contributed by atoms with Gasteiger partial charge in [0.05, 0.1) is 33.4 Å². The van der Waals surface area contributed by atoms with Gasteiger partial charge in [0.1, 0.15) is 17.4 Å². The van der Waals surface area contributed by atoms with E-state index < -0.39 is 17.5 Å². The SMILES string of the molecule is N#Cc1c(-n2c3ccccc3c3cc(-c4ccccc4)ccc32)cc(-c2cc(F)cc(F)c2F)cc1-n1c2ccccc2c2cc(-c3ccccc3)ccc21. The second-order valence-corrected chi connectivity index (χ2v) is 13.7. The molecule has 2 aromatic heterocycles. The highest BCUT2D eigenvalue weighted by atomic mass is 19.2. The Bertz CT molecular complexity index is 3010. The molecule has 0 N–H and O–H groups in total. The molecule has 0 aliphatic rings. The van der Waals surface area contributed by atoms with Gasteiger partial charge in [-0.25, -0.2) is 13.2 Å². The van der Waals surface area contributed by atoms with Crippen molar-refractivity contribution in [2.45, 2.75) is 0 Å². The maximum atomic E-state index is 15.8. The first-order chi connectivity index (χ1) is 27.0. The predicted molar refractivity (Wildman–Crippen MR) is 216 cm³/mol. The summed E-state index contributed by atoms with van der Waals surface area (Å²) in [6.45, 7) is 0. The van der Waals surface area contributed by atoms with Gasteiger partial charge in [0, 0.05) is 33.2 Å². The maximum absolute atomic E-state index is 15.8. The van der Waals surface area contributed by atoms with E-state index in [2.05, 4.69) is 42.5 Å². The van der Waals surface area contributed by atoms with Crippen molar-refractivity contribution < 1.29 is 13.2 Å². The topological polar surface area (TPSA) is 33.6 Å². The Morgan fingerprint density at radius 2 is 0.855 bits per heavy atom. The molecule has 10 aromatic rings. The maximum Gasteiger partial charge on any atom is 0.166 e. The van der Waals surface area contributed by atoms with Crippen LogP contribution in [0.1, 0.15) is 5.56 Å². The number of benzene rings is 8. The van der Waals surface area contributed by atoms with Crippen molar-refractivity contribution in [2.75, 3.05) is 0 Å². The van der Waals surface area contributed by atoms with Gasteiger partial charge in [0.15, 0.2) is 11.6 Å². The Hall–Kier alpha value is -7.36. The van der Waals surface area contributed by atoms with E-state index in [0.717, 1.165) is 71.9 Å². The van der Waals surface area contributed by atoms with E-state index in [1.165, 1.54) is 0 Å². The second kappa shape index (κ2) is 12.6. The molecular weight excluding hydrogens is 688 g/mol. The minimum Gasteiger partial charge on any atom is -0.308 e. The summed E-state index contributed by atoms with van der Waals surface area (Å²) in [5.41, 5.74) is 8.66. The van der Waals surface area contributed by atoms with Gasteiger partial charge in [-0.2, -0.15) is 5.26 Å². The summed E-state index contributed by atoms with van der Waals surface area (Å²) in [6.07, 6.45) is 0. The number of rotatable bonds is 5. The summed E-state index contributed by atoms with van der Waals surface area (Å²) in [4.78, 5) is 0. The number of hydrogen-bond acceptors (Lipinski definition) is 1. The number of halogens is 3. The standard InChI is InChI=1S/C49H28F3N3/c50-35-27-38(49(52)42(51)28-35)34-25-47(54-43-17-9-7-15-36(43)39-23-32(19-21-45(39)54)30-11-3-1-4-12-30)41(29-53)48(26-34)55-44-18-10-8-16-37(44)40-24-33(20-22-46(40)55)31-13-5-2-6-14-31/h1-28H. The first kappa shape index (κ1) is 32.3. The molecule has 0 spiro atoms. The first-order valence-electron chi connectivity index (χ1n) is 17.9. The first-order valence-corrected chi connectivity index (χ1v) is 17.9. The molecule has 0 fully saturated rings. The average Bonchev–Trinajstić information content (AvgIpc) is 3.74. The van der Waals surface area contributed by atoms with Gasteiger partial charge < -0.3 is 9.13 Å². The lowest BCUT2D eigenvalue weighted by Gasteiger charge is -2.19. The van der Waals surface area contributed by atoms with E-state index in [1.807, 2.05) is 118 Å². The molecule has 2 heterocycles. The zero-order chi connectivity index (χ0) is 37.2. The highest BCUT2D eigenvalue weighted by Crippen LogP contribution is 2.42. The van der Waals surface area contributed by atoms with E-state index in [-0.39, 0.29) is 11.1 Å². The molecular formula is C49H28F3N3. The van der Waals surface area contributed by atoms with Crippen LogP contribution in [0.15, 0.2) is 170 Å². The molecule has 0 saturated carbocycles. The third-order valence-electron chi connectivity index (χ3n) is 10.6. The van der Waals surface area contributed by atoms with Gasteiger partial charge >= 0.3 is 0 Å². The van der Waals surface area contributed by atoms with Gasteiger partial charge in [-0.1, -0.05) is 109 Å². The molecule has 8 aromatic carbocycles. The van der Waals surface area contributed by atoms with E-state index >= 15 is 4.39 Å². The lowest BCUT2D eigenvalue weighted by atomic mass is 9.99. The molecule has 0 aliphatic heterocycles. The van der Waals surface area contributed by atoms with Gasteiger partial charge in [0.2, 0.25) is 0 Å². The van der Waals surface area contributed by atoms with E-state index in [9.17, 15) is 14.0 Å². The highest BCUT2D eigenvalue weighted by molar-refractivity contribution is 6.12. The van der Waals surface area contributed by atoms with Crippen molar-refractivity contribution in [1.82, 2.24) is 9.13 Å². The lowest BCUT2D eigenvalue weighted by molar-refractivity contribution is 0.497. The fraction of sp³-hybridized carbons (Fsp3) is 0. The van der Waals surface area contributed by atoms with Crippen LogP contribution in [-0.4, -0.2) is 9.13 Å². The van der Waals surface area contributed by atoms with Crippen LogP contribution in [0.2, 0.25) is 0 Å². The van der Waals surface area contributed by atoms with Crippen molar-refractivity contribution in [1.29, 1.82) is 5.26 Å². The van der Waals surface area contributed by atoms with Gasteiger partial charge in [-0.3, -0.25) is 0 Å².